The monoisotopic (exact) mass is 260 g/mol. The molecular weight excluding hydrogens is 240 g/mol. The Bertz CT molecular complexity index is 469. The summed E-state index contributed by atoms with van der Waals surface area (Å²) in [6, 6.07) is 7.68. The van der Waals surface area contributed by atoms with Gasteiger partial charge in [-0.3, -0.25) is 9.59 Å². The fourth-order valence-electron chi connectivity index (χ4n) is 1.75. The van der Waals surface area contributed by atoms with E-state index in [0.717, 1.165) is 11.3 Å². The van der Waals surface area contributed by atoms with Crippen molar-refractivity contribution in [2.45, 2.75) is 20.3 Å². The van der Waals surface area contributed by atoms with Crippen LogP contribution in [-0.2, 0) is 9.59 Å². The molecule has 0 saturated heterocycles. The molecule has 1 rings (SSSR count). The Kier molecular flexibility index (Phi) is 5.79. The maximum absolute atomic E-state index is 11.7. The minimum atomic E-state index is -0.0844. The lowest BCUT2D eigenvalue weighted by molar-refractivity contribution is -0.120. The lowest BCUT2D eigenvalue weighted by Gasteiger charge is -2.21. The molecule has 0 bridgehead atoms. The molecule has 0 radical (unpaired) electrons. The van der Waals surface area contributed by atoms with Crippen molar-refractivity contribution in [1.29, 1.82) is 0 Å². The fraction of sp³-hybridized carbons (Fsp3) is 0.333. The van der Waals surface area contributed by atoms with E-state index in [1.54, 1.807) is 11.0 Å². The smallest absolute Gasteiger partial charge is 0.223 e. The quantitative estimate of drug-likeness (QED) is 0.796. The number of rotatable bonds is 6. The molecule has 4 nitrogen and oxygen atoms in total. The summed E-state index contributed by atoms with van der Waals surface area (Å²) in [5.74, 6) is -0.152. The molecule has 0 aromatic heterocycles. The molecule has 0 aliphatic heterocycles. The molecule has 0 atom stereocenters. The third-order valence-corrected chi connectivity index (χ3v) is 2.70. The fourth-order valence-corrected chi connectivity index (χ4v) is 1.75. The molecule has 1 N–H and O–H groups in total. The van der Waals surface area contributed by atoms with Crippen molar-refractivity contribution in [2.24, 2.45) is 0 Å². The van der Waals surface area contributed by atoms with Crippen molar-refractivity contribution in [3.05, 3.63) is 42.5 Å². The van der Waals surface area contributed by atoms with Crippen LogP contribution in [0.5, 0.6) is 0 Å². The van der Waals surface area contributed by atoms with E-state index in [1.807, 2.05) is 31.2 Å². The number of amides is 2. The Balaban J connectivity index is 2.66. The molecule has 19 heavy (non-hydrogen) atoms. The first-order valence-electron chi connectivity index (χ1n) is 6.27. The summed E-state index contributed by atoms with van der Waals surface area (Å²) in [6.07, 6.45) is 1.91. The highest BCUT2D eigenvalue weighted by Gasteiger charge is 2.13. The van der Waals surface area contributed by atoms with Crippen molar-refractivity contribution < 1.29 is 9.59 Å². The number of carbonyl (C=O) groups excluding carboxylic acids is 2. The summed E-state index contributed by atoms with van der Waals surface area (Å²) in [5.41, 5.74) is 1.91. The van der Waals surface area contributed by atoms with E-state index in [2.05, 4.69) is 11.9 Å². The Hall–Kier alpha value is -2.10. The second-order valence-corrected chi connectivity index (χ2v) is 4.35. The van der Waals surface area contributed by atoms with Crippen LogP contribution < -0.4 is 10.2 Å². The number of hydrogen-bond donors (Lipinski definition) is 1. The molecule has 4 heteroatoms. The van der Waals surface area contributed by atoms with Gasteiger partial charge >= 0.3 is 0 Å². The van der Waals surface area contributed by atoms with Crippen LogP contribution in [0.25, 0.3) is 0 Å². The maximum atomic E-state index is 11.7. The SMILES string of the molecule is C=CCNC(=O)CCN(C(C)=O)c1cccc(C)c1. The van der Waals surface area contributed by atoms with Gasteiger partial charge in [-0.1, -0.05) is 18.2 Å². The van der Waals surface area contributed by atoms with Crippen molar-refractivity contribution in [2.75, 3.05) is 18.0 Å². The summed E-state index contributed by atoms with van der Waals surface area (Å²) in [6.45, 7) is 7.83. The van der Waals surface area contributed by atoms with E-state index in [0.29, 0.717) is 13.1 Å². The minimum Gasteiger partial charge on any atom is -0.353 e. The summed E-state index contributed by atoms with van der Waals surface area (Å²) in [4.78, 5) is 24.8. The van der Waals surface area contributed by atoms with Crippen LogP contribution in [0, 0.1) is 6.92 Å². The molecule has 0 heterocycles. The second kappa shape index (κ2) is 7.36. The molecule has 2 amide bonds. The van der Waals surface area contributed by atoms with Crippen LogP contribution in [0.2, 0.25) is 0 Å². The number of anilines is 1. The Morgan fingerprint density at radius 2 is 2.16 bits per heavy atom. The minimum absolute atomic E-state index is 0.0675. The lowest BCUT2D eigenvalue weighted by Crippen LogP contribution is -2.33. The molecule has 0 saturated carbocycles. The van der Waals surface area contributed by atoms with Gasteiger partial charge in [0.15, 0.2) is 0 Å². The van der Waals surface area contributed by atoms with Crippen LogP contribution in [0.15, 0.2) is 36.9 Å². The molecule has 1 aromatic rings. The van der Waals surface area contributed by atoms with Crippen molar-refractivity contribution in [1.82, 2.24) is 5.32 Å². The molecule has 0 aliphatic rings. The molecule has 0 spiro atoms. The van der Waals surface area contributed by atoms with E-state index in [9.17, 15) is 9.59 Å². The molecule has 102 valence electrons. The largest absolute Gasteiger partial charge is 0.353 e. The van der Waals surface area contributed by atoms with Crippen LogP contribution in [0.4, 0.5) is 5.69 Å². The Morgan fingerprint density at radius 3 is 2.74 bits per heavy atom. The topological polar surface area (TPSA) is 49.4 Å². The Labute approximate surface area is 114 Å². The highest BCUT2D eigenvalue weighted by Crippen LogP contribution is 2.16. The van der Waals surface area contributed by atoms with Crippen molar-refractivity contribution >= 4 is 17.5 Å². The number of carbonyl (C=O) groups is 2. The highest BCUT2D eigenvalue weighted by molar-refractivity contribution is 5.92. The van der Waals surface area contributed by atoms with Gasteiger partial charge in [-0.25, -0.2) is 0 Å². The van der Waals surface area contributed by atoms with Crippen molar-refractivity contribution in [3.63, 3.8) is 0 Å². The van der Waals surface area contributed by atoms with Crippen LogP contribution in [-0.4, -0.2) is 24.9 Å². The normalized spacial score (nSPS) is 9.79. The van der Waals surface area contributed by atoms with Crippen LogP contribution >= 0.6 is 0 Å². The maximum Gasteiger partial charge on any atom is 0.223 e. The third-order valence-electron chi connectivity index (χ3n) is 2.70. The van der Waals surface area contributed by atoms with Gasteiger partial charge in [0.05, 0.1) is 0 Å². The number of hydrogen-bond acceptors (Lipinski definition) is 2. The summed E-state index contributed by atoms with van der Waals surface area (Å²) in [5, 5.41) is 2.69. The summed E-state index contributed by atoms with van der Waals surface area (Å²) in [7, 11) is 0. The van der Waals surface area contributed by atoms with E-state index < -0.39 is 0 Å². The summed E-state index contributed by atoms with van der Waals surface area (Å²) < 4.78 is 0. The number of benzene rings is 1. The summed E-state index contributed by atoms with van der Waals surface area (Å²) >= 11 is 0. The highest BCUT2D eigenvalue weighted by atomic mass is 16.2. The van der Waals surface area contributed by atoms with Gasteiger partial charge in [0.2, 0.25) is 11.8 Å². The van der Waals surface area contributed by atoms with Gasteiger partial charge in [0, 0.05) is 32.1 Å². The average molecular weight is 260 g/mol. The predicted molar refractivity (Wildman–Crippen MR) is 77.0 cm³/mol. The first-order valence-corrected chi connectivity index (χ1v) is 6.27. The van der Waals surface area contributed by atoms with Gasteiger partial charge in [-0.15, -0.1) is 6.58 Å². The zero-order chi connectivity index (χ0) is 14.3. The van der Waals surface area contributed by atoms with Gasteiger partial charge < -0.3 is 10.2 Å². The molecule has 0 fully saturated rings. The zero-order valence-corrected chi connectivity index (χ0v) is 11.5. The van der Waals surface area contributed by atoms with Gasteiger partial charge in [0.1, 0.15) is 0 Å². The second-order valence-electron chi connectivity index (χ2n) is 4.35. The first kappa shape index (κ1) is 15.0. The van der Waals surface area contributed by atoms with E-state index in [-0.39, 0.29) is 18.2 Å². The molecular formula is C15H20N2O2. The average Bonchev–Trinajstić information content (AvgIpc) is 2.36. The molecule has 0 aliphatic carbocycles. The zero-order valence-electron chi connectivity index (χ0n) is 11.5. The number of aryl methyl sites for hydroxylation is 1. The van der Waals surface area contributed by atoms with Gasteiger partial charge in [-0.2, -0.15) is 0 Å². The van der Waals surface area contributed by atoms with Gasteiger partial charge in [0.25, 0.3) is 0 Å². The molecule has 1 aromatic carbocycles. The van der Waals surface area contributed by atoms with E-state index in [1.165, 1.54) is 6.92 Å². The Morgan fingerprint density at radius 1 is 1.42 bits per heavy atom. The van der Waals surface area contributed by atoms with Gasteiger partial charge in [-0.05, 0) is 24.6 Å². The third kappa shape index (κ3) is 4.95. The van der Waals surface area contributed by atoms with E-state index in [4.69, 9.17) is 0 Å². The first-order chi connectivity index (χ1) is 9.04. The predicted octanol–water partition coefficient (Wildman–Crippen LogP) is 2.04. The van der Waals surface area contributed by atoms with E-state index >= 15 is 0 Å². The van der Waals surface area contributed by atoms with Crippen LogP contribution in [0.3, 0.4) is 0 Å². The van der Waals surface area contributed by atoms with Crippen LogP contribution in [0.1, 0.15) is 18.9 Å². The number of nitrogens with one attached hydrogen (secondary N) is 1. The van der Waals surface area contributed by atoms with Crippen molar-refractivity contribution in [3.8, 4) is 0 Å². The number of nitrogens with zero attached hydrogens (tertiary/aromatic N) is 1. The standard InChI is InChI=1S/C15H20N2O2/c1-4-9-16-15(19)8-10-17(13(3)18)14-7-5-6-12(2)11-14/h4-7,11H,1,8-10H2,2-3H3,(H,16,19). The lowest BCUT2D eigenvalue weighted by atomic mass is 10.2. The molecule has 0 unspecified atom stereocenters.